The largest absolute Gasteiger partial charge is 0.465 e. The fourth-order valence-corrected chi connectivity index (χ4v) is 2.30. The Balaban J connectivity index is 1.96. The molecule has 0 bridgehead atoms. The van der Waals surface area contributed by atoms with Gasteiger partial charge in [-0.15, -0.1) is 0 Å². The van der Waals surface area contributed by atoms with Crippen molar-refractivity contribution in [1.82, 2.24) is 0 Å². The van der Waals surface area contributed by atoms with Gasteiger partial charge in [-0.25, -0.2) is 0 Å². The molecule has 2 rings (SSSR count). The van der Waals surface area contributed by atoms with Gasteiger partial charge in [0.25, 0.3) is 5.91 Å². The Hall–Kier alpha value is -2.50. The molecular formula is C16H17NO5. The maximum Gasteiger partial charge on any atom is 0.316 e. The number of amides is 1. The zero-order valence-corrected chi connectivity index (χ0v) is 12.5. The lowest BCUT2D eigenvalue weighted by atomic mass is 9.98. The van der Waals surface area contributed by atoms with E-state index in [9.17, 15) is 19.2 Å². The van der Waals surface area contributed by atoms with Gasteiger partial charge >= 0.3 is 5.97 Å². The van der Waals surface area contributed by atoms with Crippen LogP contribution < -0.4 is 5.32 Å². The number of benzene rings is 1. The van der Waals surface area contributed by atoms with Crippen molar-refractivity contribution in [2.24, 2.45) is 5.92 Å². The van der Waals surface area contributed by atoms with E-state index in [-0.39, 0.29) is 13.0 Å². The summed E-state index contributed by atoms with van der Waals surface area (Å²) in [6.07, 6.45) is -0.319. The number of esters is 1. The third-order valence-electron chi connectivity index (χ3n) is 3.54. The Bertz CT molecular complexity index is 650. The van der Waals surface area contributed by atoms with Crippen molar-refractivity contribution in [3.8, 4) is 0 Å². The standard InChI is InChI=1S/C16H17NO5/c1-9-3-4-12(10(2)7-9)17-15(20)14(19)8-13(18)11-5-6-22-16(11)21/h3-4,7,11H,5-6,8H2,1-2H3,(H,17,20)/t11-/m1/s1. The molecule has 0 spiro atoms. The molecule has 0 aromatic heterocycles. The first kappa shape index (κ1) is 15.9. The Morgan fingerprint density at radius 3 is 2.59 bits per heavy atom. The van der Waals surface area contributed by atoms with Crippen LogP contribution in [0, 0.1) is 19.8 Å². The molecule has 1 aromatic carbocycles. The van der Waals surface area contributed by atoms with E-state index in [2.05, 4.69) is 10.1 Å². The number of ether oxygens (including phenoxy) is 1. The molecular weight excluding hydrogens is 286 g/mol. The first-order chi connectivity index (χ1) is 10.4. The van der Waals surface area contributed by atoms with E-state index >= 15 is 0 Å². The van der Waals surface area contributed by atoms with Gasteiger partial charge in [0, 0.05) is 12.1 Å². The van der Waals surface area contributed by atoms with E-state index in [1.54, 1.807) is 6.07 Å². The Kier molecular flexibility index (Phi) is 4.70. The summed E-state index contributed by atoms with van der Waals surface area (Å²) >= 11 is 0. The minimum Gasteiger partial charge on any atom is -0.465 e. The van der Waals surface area contributed by atoms with E-state index in [4.69, 9.17) is 0 Å². The highest BCUT2D eigenvalue weighted by molar-refractivity contribution is 6.43. The number of hydrogen-bond donors (Lipinski definition) is 1. The number of nitrogens with one attached hydrogen (secondary N) is 1. The van der Waals surface area contributed by atoms with Crippen molar-refractivity contribution in [2.75, 3.05) is 11.9 Å². The fourth-order valence-electron chi connectivity index (χ4n) is 2.30. The van der Waals surface area contributed by atoms with Crippen molar-refractivity contribution < 1.29 is 23.9 Å². The smallest absolute Gasteiger partial charge is 0.316 e. The average molecular weight is 303 g/mol. The number of carbonyl (C=O) groups is 4. The van der Waals surface area contributed by atoms with Gasteiger partial charge < -0.3 is 10.1 Å². The third-order valence-corrected chi connectivity index (χ3v) is 3.54. The summed E-state index contributed by atoms with van der Waals surface area (Å²) in [5, 5.41) is 2.49. The molecule has 1 saturated heterocycles. The number of aryl methyl sites for hydroxylation is 2. The summed E-state index contributed by atoms with van der Waals surface area (Å²) in [7, 11) is 0. The highest BCUT2D eigenvalue weighted by Crippen LogP contribution is 2.18. The maximum absolute atomic E-state index is 11.9. The number of anilines is 1. The molecule has 116 valence electrons. The molecule has 6 nitrogen and oxygen atoms in total. The zero-order valence-electron chi connectivity index (χ0n) is 12.5. The van der Waals surface area contributed by atoms with Crippen LogP contribution in [0.4, 0.5) is 5.69 Å². The van der Waals surface area contributed by atoms with Crippen LogP contribution in [0.3, 0.4) is 0 Å². The predicted octanol–water partition coefficient (Wildman–Crippen LogP) is 1.33. The van der Waals surface area contributed by atoms with E-state index in [0.29, 0.717) is 5.69 Å². The van der Waals surface area contributed by atoms with Crippen molar-refractivity contribution >= 4 is 29.1 Å². The lowest BCUT2D eigenvalue weighted by molar-refractivity contribution is -0.145. The molecule has 0 aliphatic carbocycles. The SMILES string of the molecule is Cc1ccc(NC(=O)C(=O)CC(=O)[C@H]2CCOC2=O)c(C)c1. The lowest BCUT2D eigenvalue weighted by Gasteiger charge is -2.09. The maximum atomic E-state index is 11.9. The van der Waals surface area contributed by atoms with Crippen LogP contribution in [0.1, 0.15) is 24.0 Å². The second-order valence-electron chi connectivity index (χ2n) is 5.35. The fraction of sp³-hybridized carbons (Fsp3) is 0.375. The molecule has 1 fully saturated rings. The van der Waals surface area contributed by atoms with Crippen molar-refractivity contribution in [2.45, 2.75) is 26.7 Å². The topological polar surface area (TPSA) is 89.5 Å². The van der Waals surface area contributed by atoms with Gasteiger partial charge in [-0.2, -0.15) is 0 Å². The monoisotopic (exact) mass is 303 g/mol. The van der Waals surface area contributed by atoms with Gasteiger partial charge in [-0.3, -0.25) is 19.2 Å². The van der Waals surface area contributed by atoms with Crippen LogP contribution in [0.15, 0.2) is 18.2 Å². The summed E-state index contributed by atoms with van der Waals surface area (Å²) in [6.45, 7) is 3.91. The third kappa shape index (κ3) is 3.58. The van der Waals surface area contributed by atoms with Gasteiger partial charge in [0.2, 0.25) is 5.78 Å². The molecule has 6 heteroatoms. The van der Waals surface area contributed by atoms with Crippen LogP contribution in [0.2, 0.25) is 0 Å². The van der Waals surface area contributed by atoms with Gasteiger partial charge in [0.1, 0.15) is 5.92 Å². The molecule has 0 radical (unpaired) electrons. The summed E-state index contributed by atoms with van der Waals surface area (Å²) < 4.78 is 4.68. The molecule has 0 saturated carbocycles. The zero-order chi connectivity index (χ0) is 16.3. The minimum atomic E-state index is -0.919. The van der Waals surface area contributed by atoms with Crippen LogP contribution in [-0.2, 0) is 23.9 Å². The number of rotatable bonds is 5. The van der Waals surface area contributed by atoms with Gasteiger partial charge in [0.15, 0.2) is 5.78 Å². The number of carbonyl (C=O) groups excluding carboxylic acids is 4. The molecule has 1 atom stereocenters. The summed E-state index contributed by atoms with van der Waals surface area (Å²) in [4.78, 5) is 46.8. The number of ketones is 2. The summed E-state index contributed by atoms with van der Waals surface area (Å²) in [5.74, 6) is -3.81. The lowest BCUT2D eigenvalue weighted by Crippen LogP contribution is -2.29. The summed E-state index contributed by atoms with van der Waals surface area (Å²) in [5.41, 5.74) is 2.39. The van der Waals surface area contributed by atoms with Gasteiger partial charge in [-0.05, 0) is 25.5 Å². The number of cyclic esters (lactones) is 1. The minimum absolute atomic E-state index is 0.179. The highest BCUT2D eigenvalue weighted by Gasteiger charge is 2.34. The predicted molar refractivity (Wildman–Crippen MR) is 78.2 cm³/mol. The highest BCUT2D eigenvalue weighted by atomic mass is 16.5. The molecule has 1 heterocycles. The molecule has 1 aliphatic rings. The van der Waals surface area contributed by atoms with E-state index in [1.807, 2.05) is 26.0 Å². The molecule has 1 aromatic rings. The first-order valence-electron chi connectivity index (χ1n) is 6.99. The quantitative estimate of drug-likeness (QED) is 0.503. The van der Waals surface area contributed by atoms with Crippen LogP contribution in [0.25, 0.3) is 0 Å². The van der Waals surface area contributed by atoms with Crippen molar-refractivity contribution in [3.05, 3.63) is 29.3 Å². The van der Waals surface area contributed by atoms with Crippen LogP contribution >= 0.6 is 0 Å². The van der Waals surface area contributed by atoms with Crippen molar-refractivity contribution in [3.63, 3.8) is 0 Å². The molecule has 1 aliphatic heterocycles. The second-order valence-corrected chi connectivity index (χ2v) is 5.35. The Morgan fingerprint density at radius 1 is 1.27 bits per heavy atom. The molecule has 0 unspecified atom stereocenters. The Morgan fingerprint density at radius 2 is 2.00 bits per heavy atom. The van der Waals surface area contributed by atoms with E-state index < -0.39 is 35.8 Å². The van der Waals surface area contributed by atoms with Crippen LogP contribution in [-0.4, -0.2) is 30.0 Å². The van der Waals surface area contributed by atoms with Crippen LogP contribution in [0.5, 0.6) is 0 Å². The molecule has 1 N–H and O–H groups in total. The molecule has 1 amide bonds. The second kappa shape index (κ2) is 6.51. The van der Waals surface area contributed by atoms with Gasteiger partial charge in [-0.1, -0.05) is 17.7 Å². The van der Waals surface area contributed by atoms with E-state index in [0.717, 1.165) is 11.1 Å². The van der Waals surface area contributed by atoms with Crippen molar-refractivity contribution in [1.29, 1.82) is 0 Å². The van der Waals surface area contributed by atoms with E-state index in [1.165, 1.54) is 0 Å². The number of hydrogen-bond acceptors (Lipinski definition) is 5. The number of Topliss-reactive ketones (excluding diaryl/α,β-unsaturated/α-hetero) is 2. The average Bonchev–Trinajstić information content (AvgIpc) is 2.88. The van der Waals surface area contributed by atoms with Gasteiger partial charge in [0.05, 0.1) is 13.0 Å². The Labute approximate surface area is 127 Å². The first-order valence-corrected chi connectivity index (χ1v) is 6.99. The normalized spacial score (nSPS) is 17.0. The summed E-state index contributed by atoms with van der Waals surface area (Å²) in [6, 6.07) is 5.39. The molecule has 22 heavy (non-hydrogen) atoms.